The summed E-state index contributed by atoms with van der Waals surface area (Å²) in [5.74, 6) is -0.0284. The molecule has 0 aliphatic heterocycles. The van der Waals surface area contributed by atoms with E-state index in [1.807, 2.05) is 37.3 Å². The summed E-state index contributed by atoms with van der Waals surface area (Å²) in [6.45, 7) is 1.84. The number of aliphatic hydroxyl groups is 1. The van der Waals surface area contributed by atoms with E-state index in [4.69, 9.17) is 4.84 Å². The van der Waals surface area contributed by atoms with E-state index < -0.39 is 12.1 Å². The number of likely N-dealkylation sites (N-methyl/N-ethyl adjacent to an activating group) is 1. The first-order valence-electron chi connectivity index (χ1n) is 12.8. The van der Waals surface area contributed by atoms with E-state index >= 15 is 0 Å². The fourth-order valence-corrected chi connectivity index (χ4v) is 7.22. The predicted molar refractivity (Wildman–Crippen MR) is 129 cm³/mol. The van der Waals surface area contributed by atoms with Gasteiger partial charge in [0.25, 0.3) is 0 Å². The molecule has 3 atom stereocenters. The van der Waals surface area contributed by atoms with Gasteiger partial charge in [0.1, 0.15) is 19.1 Å². The van der Waals surface area contributed by atoms with Crippen LogP contribution in [0.15, 0.2) is 54.6 Å². The first-order valence-corrected chi connectivity index (χ1v) is 12.8. The number of aliphatic hydroxyl groups excluding tert-OH is 1. The largest absolute Gasteiger partial charge is 0.478 e. The molecule has 5 rings (SSSR count). The van der Waals surface area contributed by atoms with Gasteiger partial charge in [-0.2, -0.15) is 0 Å². The Hall–Kier alpha value is -2.50. The van der Waals surface area contributed by atoms with E-state index in [0.717, 1.165) is 5.56 Å². The maximum atomic E-state index is 13.5. The molecule has 3 aliphatic rings. The molecule has 3 saturated carbocycles. The SMILES string of the molecule is CC(C(O)c1ccccc1)[NH+](C)OC(=O)c1ccc(C(=[O+])C2C34CCCCC23CCCC4)cc1. The van der Waals surface area contributed by atoms with Crippen molar-refractivity contribution in [2.45, 2.75) is 70.4 Å². The van der Waals surface area contributed by atoms with Crippen molar-refractivity contribution in [1.82, 2.24) is 0 Å². The molecule has 179 valence electrons. The van der Waals surface area contributed by atoms with Crippen LogP contribution in [0.5, 0.6) is 0 Å². The topological polar surface area (TPSA) is 70.9 Å². The fourth-order valence-electron chi connectivity index (χ4n) is 7.22. The number of rotatable bonds is 7. The Kier molecular flexibility index (Phi) is 6.11. The molecule has 2 N–H and O–H groups in total. The minimum absolute atomic E-state index is 0.165. The molecular weight excluding hydrogens is 426 g/mol. The molecule has 0 bridgehead atoms. The highest BCUT2D eigenvalue weighted by Gasteiger charge is 2.81. The highest BCUT2D eigenvalue weighted by atomic mass is 16.7. The maximum Gasteiger partial charge on any atom is 0.478 e. The normalized spacial score (nSPS) is 30.3. The quantitative estimate of drug-likeness (QED) is 0.365. The van der Waals surface area contributed by atoms with Crippen molar-refractivity contribution in [1.29, 1.82) is 0 Å². The Morgan fingerprint density at radius 2 is 1.44 bits per heavy atom. The van der Waals surface area contributed by atoms with Crippen molar-refractivity contribution in [2.75, 3.05) is 7.05 Å². The van der Waals surface area contributed by atoms with E-state index in [-0.39, 0.29) is 28.6 Å². The van der Waals surface area contributed by atoms with E-state index in [2.05, 4.69) is 0 Å². The van der Waals surface area contributed by atoms with Gasteiger partial charge in [0.05, 0.1) is 11.1 Å². The summed E-state index contributed by atoms with van der Waals surface area (Å²) in [7, 11) is 1.72. The molecule has 0 aromatic heterocycles. The summed E-state index contributed by atoms with van der Waals surface area (Å²) in [5.41, 5.74) is 2.41. The zero-order valence-electron chi connectivity index (χ0n) is 20.3. The Morgan fingerprint density at radius 1 is 0.941 bits per heavy atom. The van der Waals surface area contributed by atoms with Crippen LogP contribution in [0, 0.1) is 16.7 Å². The van der Waals surface area contributed by atoms with Crippen molar-refractivity contribution in [2.24, 2.45) is 16.7 Å². The highest BCUT2D eigenvalue weighted by Crippen LogP contribution is 2.81. The second-order valence-electron chi connectivity index (χ2n) is 10.7. The van der Waals surface area contributed by atoms with Crippen LogP contribution in [-0.2, 0) is 4.84 Å². The van der Waals surface area contributed by atoms with E-state index in [0.29, 0.717) is 16.2 Å². The third kappa shape index (κ3) is 3.70. The number of ketones is 1. The van der Waals surface area contributed by atoms with Gasteiger partial charge < -0.3 is 5.11 Å². The molecule has 34 heavy (non-hydrogen) atoms. The highest BCUT2D eigenvalue weighted by molar-refractivity contribution is 6.02. The Labute approximate surface area is 202 Å². The number of hydrogen-bond donors (Lipinski definition) is 2. The van der Waals surface area contributed by atoms with Gasteiger partial charge in [0, 0.05) is 0 Å². The number of carbonyl (C=O) groups excluding carboxylic acids is 2. The van der Waals surface area contributed by atoms with Gasteiger partial charge in [0.15, 0.2) is 6.04 Å². The number of carbonyl (C=O) groups is 2. The van der Waals surface area contributed by atoms with Crippen LogP contribution in [-0.4, -0.2) is 29.9 Å². The summed E-state index contributed by atoms with van der Waals surface area (Å²) in [5, 5.41) is 11.1. The second kappa shape index (κ2) is 8.94. The van der Waals surface area contributed by atoms with Crippen LogP contribution >= 0.6 is 0 Å². The predicted octanol–water partition coefficient (Wildman–Crippen LogP) is 4.33. The van der Waals surface area contributed by atoms with Gasteiger partial charge in [-0.3, -0.25) is 4.84 Å². The minimum atomic E-state index is -0.752. The number of hydroxylamine groups is 2. The summed E-state index contributed by atoms with van der Waals surface area (Å²) in [6.07, 6.45) is 9.08. The van der Waals surface area contributed by atoms with Gasteiger partial charge in [0.2, 0.25) is 4.79 Å². The van der Waals surface area contributed by atoms with Crippen LogP contribution in [0.4, 0.5) is 0 Å². The van der Waals surface area contributed by atoms with Crippen LogP contribution in [0.2, 0.25) is 0 Å². The minimum Gasteiger partial charge on any atom is -0.382 e. The lowest BCUT2D eigenvalue weighted by atomic mass is 9.71. The molecule has 3 aliphatic carbocycles. The number of benzene rings is 2. The average Bonchev–Trinajstić information content (AvgIpc) is 3.52. The van der Waals surface area contributed by atoms with E-state index in [1.54, 1.807) is 31.3 Å². The third-order valence-corrected chi connectivity index (χ3v) is 9.18. The maximum absolute atomic E-state index is 13.5. The lowest BCUT2D eigenvalue weighted by molar-refractivity contribution is -1.08. The van der Waals surface area contributed by atoms with Crippen molar-refractivity contribution < 1.29 is 24.6 Å². The standard InChI is InChI=1S/C29H35NO4/c1-20(24(31)21-10-4-3-5-11-21)30(2)34-27(33)23-14-12-22(13-15-23)25(32)26-28-16-6-7-17-29(26,28)19-9-8-18-28/h3-5,10-15,20,24,26,31H,6-9,16-19H2,1-2H3/q+1/p+1. The molecule has 5 heteroatoms. The molecule has 3 unspecified atom stereocenters. The monoisotopic (exact) mass is 462 g/mol. The smallest absolute Gasteiger partial charge is 0.382 e. The molecule has 3 fully saturated rings. The molecule has 0 heterocycles. The van der Waals surface area contributed by atoms with Crippen LogP contribution in [0.25, 0.3) is 0 Å². The van der Waals surface area contributed by atoms with Crippen molar-refractivity contribution in [3.8, 4) is 0 Å². The van der Waals surface area contributed by atoms with Gasteiger partial charge in [-0.1, -0.05) is 56.0 Å². The van der Waals surface area contributed by atoms with E-state index in [9.17, 15) is 14.7 Å². The first kappa shape index (κ1) is 23.3. The second-order valence-corrected chi connectivity index (χ2v) is 10.7. The lowest BCUT2D eigenvalue weighted by Crippen LogP contribution is -3.12. The molecule has 0 spiro atoms. The Balaban J connectivity index is 1.24. The third-order valence-electron chi connectivity index (χ3n) is 9.18. The number of hydrogen-bond acceptors (Lipinski definition) is 4. The molecule has 5 nitrogen and oxygen atoms in total. The van der Waals surface area contributed by atoms with Crippen molar-refractivity contribution in [3.63, 3.8) is 0 Å². The van der Waals surface area contributed by atoms with Crippen molar-refractivity contribution in [3.05, 3.63) is 71.3 Å². The first-order chi connectivity index (χ1) is 16.4. The van der Waals surface area contributed by atoms with Crippen molar-refractivity contribution >= 4 is 11.8 Å². The summed E-state index contributed by atoms with van der Waals surface area (Å²) >= 11 is 0. The number of nitrogens with one attached hydrogen (secondary N) is 1. The molecule has 0 saturated heterocycles. The molecule has 2 aromatic carbocycles. The molecule has 0 amide bonds. The Bertz CT molecular complexity index is 1010. The number of Topliss-reactive ketones (excluding diaryl/α,β-unsaturated/α-hetero) is 1. The number of quaternary nitrogens is 1. The summed E-state index contributed by atoms with van der Waals surface area (Å²) in [6, 6.07) is 16.0. The zero-order chi connectivity index (χ0) is 23.9. The van der Waals surface area contributed by atoms with Gasteiger partial charge in [-0.15, -0.1) is 5.06 Å². The van der Waals surface area contributed by atoms with Crippen LogP contribution in [0.3, 0.4) is 0 Å². The average molecular weight is 463 g/mol. The molecule has 2 aromatic rings. The summed E-state index contributed by atoms with van der Waals surface area (Å²) < 4.78 is 0. The fraction of sp³-hybridized carbons (Fsp3) is 0.517. The van der Waals surface area contributed by atoms with Gasteiger partial charge in [-0.25, -0.2) is 4.79 Å². The van der Waals surface area contributed by atoms with Crippen LogP contribution < -0.4 is 5.06 Å². The van der Waals surface area contributed by atoms with Gasteiger partial charge >= 0.3 is 11.8 Å². The van der Waals surface area contributed by atoms with E-state index in [1.165, 1.54) is 51.4 Å². The molecular formula is C29H36NO4+2. The zero-order valence-corrected chi connectivity index (χ0v) is 20.3. The van der Waals surface area contributed by atoms with Gasteiger partial charge in [-0.05, 0) is 73.3 Å². The molecule has 1 radical (unpaired) electrons. The summed E-state index contributed by atoms with van der Waals surface area (Å²) in [4.78, 5) is 31.9. The van der Waals surface area contributed by atoms with Crippen LogP contribution in [0.1, 0.15) is 90.7 Å². The lowest BCUT2D eigenvalue weighted by Gasteiger charge is -2.33. The Morgan fingerprint density at radius 3 is 1.97 bits per heavy atom.